The monoisotopic (exact) mass is 182 g/mol. The van der Waals surface area contributed by atoms with Crippen molar-refractivity contribution >= 4 is 5.91 Å². The van der Waals surface area contributed by atoms with Crippen molar-refractivity contribution in [3.63, 3.8) is 0 Å². The van der Waals surface area contributed by atoms with E-state index in [-0.39, 0.29) is 11.8 Å². The lowest BCUT2D eigenvalue weighted by atomic mass is 9.90. The molecule has 0 saturated heterocycles. The van der Waals surface area contributed by atoms with Crippen LogP contribution in [0.2, 0.25) is 0 Å². The molecule has 0 aliphatic rings. The normalized spacial score (nSPS) is 14.8. The zero-order chi connectivity index (χ0) is 10.5. The number of amides is 1. The summed E-state index contributed by atoms with van der Waals surface area (Å²) in [5.74, 6) is 0.0820. The van der Waals surface area contributed by atoms with Crippen molar-refractivity contribution in [3.8, 4) is 6.07 Å². The van der Waals surface area contributed by atoms with Gasteiger partial charge in [-0.1, -0.05) is 20.8 Å². The van der Waals surface area contributed by atoms with E-state index in [0.29, 0.717) is 6.42 Å². The summed E-state index contributed by atoms with van der Waals surface area (Å²) in [6.07, 6.45) is 1.30. The molecule has 0 saturated carbocycles. The highest BCUT2D eigenvalue weighted by molar-refractivity contribution is 5.77. The standard InChI is InChI=1S/C10H18N2O/c1-5-6-9(13)12-10(4,7-11)8(2)3/h8H,5-6H2,1-4H3,(H,12,13). The number of nitriles is 1. The highest BCUT2D eigenvalue weighted by Crippen LogP contribution is 2.15. The van der Waals surface area contributed by atoms with E-state index in [9.17, 15) is 4.79 Å². The summed E-state index contributed by atoms with van der Waals surface area (Å²) in [7, 11) is 0. The highest BCUT2D eigenvalue weighted by Gasteiger charge is 2.29. The Bertz CT molecular complexity index is 217. The Labute approximate surface area is 80.1 Å². The van der Waals surface area contributed by atoms with Crippen LogP contribution in [0.25, 0.3) is 0 Å². The van der Waals surface area contributed by atoms with E-state index >= 15 is 0 Å². The van der Waals surface area contributed by atoms with Crippen molar-refractivity contribution in [1.29, 1.82) is 5.26 Å². The third-order valence-corrected chi connectivity index (χ3v) is 2.26. The molecule has 0 fully saturated rings. The molecule has 0 aliphatic heterocycles. The van der Waals surface area contributed by atoms with E-state index in [1.807, 2.05) is 20.8 Å². The summed E-state index contributed by atoms with van der Waals surface area (Å²) in [6, 6.07) is 2.14. The zero-order valence-electron chi connectivity index (χ0n) is 8.85. The molecule has 0 spiro atoms. The minimum atomic E-state index is -0.730. The molecule has 1 atom stereocenters. The van der Waals surface area contributed by atoms with Crippen LogP contribution in [0.5, 0.6) is 0 Å². The lowest BCUT2D eigenvalue weighted by Crippen LogP contribution is -2.48. The van der Waals surface area contributed by atoms with E-state index < -0.39 is 5.54 Å². The fourth-order valence-electron chi connectivity index (χ4n) is 0.881. The lowest BCUT2D eigenvalue weighted by Gasteiger charge is -2.27. The Morgan fingerprint density at radius 2 is 2.15 bits per heavy atom. The lowest BCUT2D eigenvalue weighted by molar-refractivity contribution is -0.122. The second kappa shape index (κ2) is 4.86. The number of hydrogen-bond acceptors (Lipinski definition) is 2. The second-order valence-corrected chi connectivity index (χ2v) is 3.77. The largest absolute Gasteiger partial charge is 0.338 e. The number of hydrogen-bond donors (Lipinski definition) is 1. The molecule has 0 aromatic heterocycles. The fraction of sp³-hybridized carbons (Fsp3) is 0.800. The van der Waals surface area contributed by atoms with Crippen LogP contribution in [0.4, 0.5) is 0 Å². The minimum Gasteiger partial charge on any atom is -0.338 e. The molecule has 1 unspecified atom stereocenters. The molecular formula is C10H18N2O. The van der Waals surface area contributed by atoms with Crippen LogP contribution in [-0.4, -0.2) is 11.4 Å². The maximum absolute atomic E-state index is 11.3. The van der Waals surface area contributed by atoms with Crippen LogP contribution in [0.15, 0.2) is 0 Å². The molecule has 0 aliphatic carbocycles. The Balaban J connectivity index is 4.30. The predicted molar refractivity (Wildman–Crippen MR) is 51.9 cm³/mol. The molecule has 3 nitrogen and oxygen atoms in total. The first-order valence-corrected chi connectivity index (χ1v) is 4.68. The van der Waals surface area contributed by atoms with Crippen molar-refractivity contribution in [2.45, 2.75) is 46.1 Å². The van der Waals surface area contributed by atoms with Gasteiger partial charge in [-0.25, -0.2) is 0 Å². The number of rotatable bonds is 4. The molecular weight excluding hydrogens is 164 g/mol. The van der Waals surface area contributed by atoms with Gasteiger partial charge in [0.05, 0.1) is 6.07 Å². The molecule has 1 amide bonds. The molecule has 74 valence electrons. The van der Waals surface area contributed by atoms with Crippen molar-refractivity contribution in [1.82, 2.24) is 5.32 Å². The van der Waals surface area contributed by atoms with Gasteiger partial charge in [0.25, 0.3) is 0 Å². The summed E-state index contributed by atoms with van der Waals surface area (Å²) >= 11 is 0. The number of carbonyl (C=O) groups is 1. The molecule has 0 aromatic rings. The Kier molecular flexibility index (Phi) is 4.47. The van der Waals surface area contributed by atoms with Gasteiger partial charge in [0.2, 0.25) is 5.91 Å². The average molecular weight is 182 g/mol. The van der Waals surface area contributed by atoms with Crippen LogP contribution in [0.1, 0.15) is 40.5 Å². The van der Waals surface area contributed by atoms with Crippen LogP contribution in [0, 0.1) is 17.2 Å². The van der Waals surface area contributed by atoms with E-state index in [4.69, 9.17) is 5.26 Å². The molecule has 13 heavy (non-hydrogen) atoms. The molecule has 0 bridgehead atoms. The molecule has 0 aromatic carbocycles. The van der Waals surface area contributed by atoms with Gasteiger partial charge in [-0.15, -0.1) is 0 Å². The molecule has 3 heteroatoms. The van der Waals surface area contributed by atoms with Crippen molar-refractivity contribution < 1.29 is 4.79 Å². The Hall–Kier alpha value is -1.04. The summed E-state index contributed by atoms with van der Waals surface area (Å²) in [6.45, 7) is 7.55. The van der Waals surface area contributed by atoms with Gasteiger partial charge in [0, 0.05) is 6.42 Å². The van der Waals surface area contributed by atoms with Crippen LogP contribution >= 0.6 is 0 Å². The van der Waals surface area contributed by atoms with Crippen LogP contribution in [-0.2, 0) is 4.79 Å². The van der Waals surface area contributed by atoms with E-state index in [2.05, 4.69) is 11.4 Å². The summed E-state index contributed by atoms with van der Waals surface area (Å²) in [5, 5.41) is 11.7. The van der Waals surface area contributed by atoms with E-state index in [1.54, 1.807) is 6.92 Å². The van der Waals surface area contributed by atoms with Gasteiger partial charge in [-0.3, -0.25) is 4.79 Å². The topological polar surface area (TPSA) is 52.9 Å². The van der Waals surface area contributed by atoms with Gasteiger partial charge >= 0.3 is 0 Å². The van der Waals surface area contributed by atoms with E-state index in [1.165, 1.54) is 0 Å². The molecule has 0 radical (unpaired) electrons. The van der Waals surface area contributed by atoms with Gasteiger partial charge in [0.15, 0.2) is 0 Å². The van der Waals surface area contributed by atoms with Crippen molar-refractivity contribution in [2.75, 3.05) is 0 Å². The third-order valence-electron chi connectivity index (χ3n) is 2.26. The highest BCUT2D eigenvalue weighted by atomic mass is 16.1. The molecule has 1 N–H and O–H groups in total. The quantitative estimate of drug-likeness (QED) is 0.721. The predicted octanol–water partition coefficient (Wildman–Crippen LogP) is 1.84. The average Bonchev–Trinajstić information content (AvgIpc) is 2.04. The van der Waals surface area contributed by atoms with Crippen LogP contribution in [0.3, 0.4) is 0 Å². The van der Waals surface area contributed by atoms with Gasteiger partial charge in [-0.05, 0) is 19.3 Å². The summed E-state index contributed by atoms with van der Waals surface area (Å²) < 4.78 is 0. The van der Waals surface area contributed by atoms with E-state index in [0.717, 1.165) is 6.42 Å². The van der Waals surface area contributed by atoms with Gasteiger partial charge in [0.1, 0.15) is 5.54 Å². The van der Waals surface area contributed by atoms with Gasteiger partial charge in [-0.2, -0.15) is 5.26 Å². The Morgan fingerprint density at radius 1 is 1.62 bits per heavy atom. The zero-order valence-corrected chi connectivity index (χ0v) is 8.85. The summed E-state index contributed by atoms with van der Waals surface area (Å²) in [5.41, 5.74) is -0.730. The molecule has 0 heterocycles. The first kappa shape index (κ1) is 12.0. The summed E-state index contributed by atoms with van der Waals surface area (Å²) in [4.78, 5) is 11.3. The smallest absolute Gasteiger partial charge is 0.221 e. The van der Waals surface area contributed by atoms with Gasteiger partial charge < -0.3 is 5.32 Å². The maximum Gasteiger partial charge on any atom is 0.221 e. The van der Waals surface area contributed by atoms with Crippen LogP contribution < -0.4 is 5.32 Å². The third kappa shape index (κ3) is 3.45. The SMILES string of the molecule is CCCC(=O)NC(C)(C#N)C(C)C. The van der Waals surface area contributed by atoms with Crippen molar-refractivity contribution in [3.05, 3.63) is 0 Å². The first-order valence-electron chi connectivity index (χ1n) is 4.68. The minimum absolute atomic E-state index is 0.0414. The fourth-order valence-corrected chi connectivity index (χ4v) is 0.881. The number of carbonyl (C=O) groups excluding carboxylic acids is 1. The number of nitrogens with zero attached hydrogens (tertiary/aromatic N) is 1. The molecule has 0 rings (SSSR count). The van der Waals surface area contributed by atoms with Crippen molar-refractivity contribution in [2.24, 2.45) is 5.92 Å². The Morgan fingerprint density at radius 3 is 2.46 bits per heavy atom. The first-order chi connectivity index (χ1) is 5.96. The maximum atomic E-state index is 11.3. The second-order valence-electron chi connectivity index (χ2n) is 3.77. The number of nitrogens with one attached hydrogen (secondary N) is 1.